The summed E-state index contributed by atoms with van der Waals surface area (Å²) in [5.41, 5.74) is 1.24. The second kappa shape index (κ2) is 6.58. The van der Waals surface area contributed by atoms with Gasteiger partial charge in [-0.05, 0) is 24.9 Å². The van der Waals surface area contributed by atoms with Crippen molar-refractivity contribution in [2.75, 3.05) is 32.7 Å². The maximum atomic E-state index is 11.6. The topological polar surface area (TPSA) is 43.8 Å². The van der Waals surface area contributed by atoms with Gasteiger partial charge >= 0.3 is 0 Å². The molecule has 0 aliphatic carbocycles. The van der Waals surface area contributed by atoms with Gasteiger partial charge in [-0.2, -0.15) is 0 Å². The fourth-order valence-corrected chi connectivity index (χ4v) is 3.49. The summed E-state index contributed by atoms with van der Waals surface area (Å²) in [4.78, 5) is 15.8. The van der Waals surface area contributed by atoms with E-state index in [9.17, 15) is 9.90 Å². The van der Waals surface area contributed by atoms with Crippen LogP contribution in [0.3, 0.4) is 0 Å². The van der Waals surface area contributed by atoms with Gasteiger partial charge in [-0.3, -0.25) is 9.69 Å². The lowest BCUT2D eigenvalue weighted by molar-refractivity contribution is -0.127. The molecule has 0 aromatic heterocycles. The zero-order chi connectivity index (χ0) is 14.7. The van der Waals surface area contributed by atoms with Gasteiger partial charge in [-0.1, -0.05) is 30.3 Å². The number of β-amino-alcohol motifs (C(OH)–C–C–N with tert-alkyl or cyclic N) is 1. The summed E-state index contributed by atoms with van der Waals surface area (Å²) in [7, 11) is 0. The molecule has 2 saturated heterocycles. The number of aliphatic hydroxyl groups excluding tert-OH is 1. The van der Waals surface area contributed by atoms with Gasteiger partial charge < -0.3 is 10.0 Å². The van der Waals surface area contributed by atoms with Crippen LogP contribution in [0.15, 0.2) is 30.3 Å². The lowest BCUT2D eigenvalue weighted by Crippen LogP contribution is -2.45. The molecule has 4 heteroatoms. The van der Waals surface area contributed by atoms with Crippen molar-refractivity contribution >= 4 is 5.91 Å². The molecule has 4 nitrogen and oxygen atoms in total. The first-order chi connectivity index (χ1) is 10.2. The predicted molar refractivity (Wildman–Crippen MR) is 82.1 cm³/mol. The van der Waals surface area contributed by atoms with Crippen LogP contribution in [0.2, 0.25) is 0 Å². The quantitative estimate of drug-likeness (QED) is 0.912. The number of aliphatic hydroxyl groups is 1. The molecule has 2 aliphatic rings. The number of hydrogen-bond donors (Lipinski definition) is 1. The van der Waals surface area contributed by atoms with Crippen molar-refractivity contribution in [3.8, 4) is 0 Å². The number of carbonyl (C=O) groups excluding carboxylic acids is 1. The predicted octanol–water partition coefficient (Wildman–Crippen LogP) is 1.46. The van der Waals surface area contributed by atoms with Gasteiger partial charge in [0.15, 0.2) is 0 Å². The van der Waals surface area contributed by atoms with Crippen molar-refractivity contribution in [2.45, 2.75) is 31.3 Å². The highest BCUT2D eigenvalue weighted by molar-refractivity contribution is 5.78. The third-order valence-corrected chi connectivity index (χ3v) is 4.75. The Morgan fingerprint density at radius 2 is 1.95 bits per heavy atom. The Morgan fingerprint density at radius 1 is 1.14 bits per heavy atom. The molecule has 2 aliphatic heterocycles. The minimum absolute atomic E-state index is 0.246. The minimum atomic E-state index is -0.310. The molecule has 114 valence electrons. The molecule has 1 aromatic rings. The molecule has 2 fully saturated rings. The Bertz CT molecular complexity index is 477. The average molecular weight is 288 g/mol. The summed E-state index contributed by atoms with van der Waals surface area (Å²) in [6, 6.07) is 10.3. The highest BCUT2D eigenvalue weighted by Crippen LogP contribution is 2.28. The van der Waals surface area contributed by atoms with E-state index in [0.717, 1.165) is 39.0 Å². The van der Waals surface area contributed by atoms with E-state index >= 15 is 0 Å². The van der Waals surface area contributed by atoms with Crippen molar-refractivity contribution in [1.82, 2.24) is 9.80 Å². The van der Waals surface area contributed by atoms with E-state index in [0.29, 0.717) is 13.0 Å². The van der Waals surface area contributed by atoms with Gasteiger partial charge in [-0.25, -0.2) is 0 Å². The Kier molecular flexibility index (Phi) is 4.56. The van der Waals surface area contributed by atoms with Crippen molar-refractivity contribution in [3.05, 3.63) is 35.9 Å². The van der Waals surface area contributed by atoms with Crippen LogP contribution in [0.1, 0.15) is 30.7 Å². The second-order valence-corrected chi connectivity index (χ2v) is 6.16. The largest absolute Gasteiger partial charge is 0.391 e. The molecule has 2 atom stereocenters. The highest BCUT2D eigenvalue weighted by Gasteiger charge is 2.29. The molecule has 3 rings (SSSR count). The number of piperidine rings is 1. The Balaban J connectivity index is 1.50. The van der Waals surface area contributed by atoms with E-state index in [1.165, 1.54) is 5.56 Å². The summed E-state index contributed by atoms with van der Waals surface area (Å²) >= 11 is 0. The monoisotopic (exact) mass is 288 g/mol. The number of nitrogens with zero attached hydrogens (tertiary/aromatic N) is 2. The smallest absolute Gasteiger partial charge is 0.222 e. The maximum absolute atomic E-state index is 11.6. The standard InChI is InChI=1S/C17H24N2O2/c20-16-13-18(11-12-19-9-4-7-17(19)21)10-8-15(16)14-5-2-1-3-6-14/h1-3,5-6,15-16,20H,4,7-13H2/t15-,16+/m0/s1. The van der Waals surface area contributed by atoms with E-state index < -0.39 is 0 Å². The van der Waals surface area contributed by atoms with Crippen molar-refractivity contribution in [2.24, 2.45) is 0 Å². The first kappa shape index (κ1) is 14.5. The normalized spacial score (nSPS) is 27.3. The number of benzene rings is 1. The molecule has 1 N–H and O–H groups in total. The van der Waals surface area contributed by atoms with Gasteiger partial charge in [0, 0.05) is 38.5 Å². The van der Waals surface area contributed by atoms with Gasteiger partial charge in [-0.15, -0.1) is 0 Å². The molecule has 0 radical (unpaired) electrons. The lowest BCUT2D eigenvalue weighted by Gasteiger charge is -2.36. The Labute approximate surface area is 126 Å². The molecule has 0 bridgehead atoms. The summed E-state index contributed by atoms with van der Waals surface area (Å²) in [5, 5.41) is 10.4. The molecular weight excluding hydrogens is 264 g/mol. The molecule has 0 saturated carbocycles. The van der Waals surface area contributed by atoms with Crippen LogP contribution < -0.4 is 0 Å². The molecule has 1 aromatic carbocycles. The molecule has 2 heterocycles. The third-order valence-electron chi connectivity index (χ3n) is 4.75. The van der Waals surface area contributed by atoms with E-state index in [1.54, 1.807) is 0 Å². The number of rotatable bonds is 4. The van der Waals surface area contributed by atoms with E-state index in [2.05, 4.69) is 17.0 Å². The first-order valence-electron chi connectivity index (χ1n) is 7.97. The SMILES string of the molecule is O=C1CCCN1CCN1CC[C@@H](c2ccccc2)[C@H](O)C1. The van der Waals surface area contributed by atoms with Crippen LogP contribution in [-0.2, 0) is 4.79 Å². The average Bonchev–Trinajstić information content (AvgIpc) is 2.91. The summed E-state index contributed by atoms with van der Waals surface area (Å²) in [6.07, 6.45) is 2.38. The van der Waals surface area contributed by atoms with Gasteiger partial charge in [0.25, 0.3) is 0 Å². The summed E-state index contributed by atoms with van der Waals surface area (Å²) in [5.74, 6) is 0.533. The maximum Gasteiger partial charge on any atom is 0.222 e. The Morgan fingerprint density at radius 3 is 2.62 bits per heavy atom. The van der Waals surface area contributed by atoms with E-state index in [1.807, 2.05) is 23.1 Å². The van der Waals surface area contributed by atoms with Crippen molar-refractivity contribution < 1.29 is 9.90 Å². The number of likely N-dealkylation sites (tertiary alicyclic amines) is 2. The molecule has 1 amide bonds. The number of carbonyl (C=O) groups is 1. The van der Waals surface area contributed by atoms with Crippen LogP contribution in [0.4, 0.5) is 0 Å². The van der Waals surface area contributed by atoms with Crippen LogP contribution >= 0.6 is 0 Å². The van der Waals surface area contributed by atoms with Gasteiger partial charge in [0.2, 0.25) is 5.91 Å². The third kappa shape index (κ3) is 3.44. The Hall–Kier alpha value is -1.39. The lowest BCUT2D eigenvalue weighted by atomic mass is 9.87. The van der Waals surface area contributed by atoms with E-state index in [-0.39, 0.29) is 17.9 Å². The summed E-state index contributed by atoms with van der Waals surface area (Å²) < 4.78 is 0. The van der Waals surface area contributed by atoms with Crippen molar-refractivity contribution in [1.29, 1.82) is 0 Å². The fourth-order valence-electron chi connectivity index (χ4n) is 3.49. The molecule has 21 heavy (non-hydrogen) atoms. The van der Waals surface area contributed by atoms with Crippen LogP contribution in [0.25, 0.3) is 0 Å². The fraction of sp³-hybridized carbons (Fsp3) is 0.588. The zero-order valence-electron chi connectivity index (χ0n) is 12.4. The van der Waals surface area contributed by atoms with Gasteiger partial charge in [0.05, 0.1) is 6.10 Å². The first-order valence-corrected chi connectivity index (χ1v) is 7.97. The van der Waals surface area contributed by atoms with Crippen LogP contribution in [0.5, 0.6) is 0 Å². The second-order valence-electron chi connectivity index (χ2n) is 6.16. The molecule has 0 unspecified atom stereocenters. The minimum Gasteiger partial charge on any atom is -0.391 e. The van der Waals surface area contributed by atoms with Crippen LogP contribution in [0, 0.1) is 0 Å². The summed E-state index contributed by atoms with van der Waals surface area (Å²) in [6.45, 7) is 4.30. The molecular formula is C17H24N2O2. The number of hydrogen-bond acceptors (Lipinski definition) is 3. The van der Waals surface area contributed by atoms with Crippen LogP contribution in [-0.4, -0.2) is 59.6 Å². The molecule has 0 spiro atoms. The van der Waals surface area contributed by atoms with Gasteiger partial charge in [0.1, 0.15) is 0 Å². The zero-order valence-corrected chi connectivity index (χ0v) is 12.4. The van der Waals surface area contributed by atoms with Crippen molar-refractivity contribution in [3.63, 3.8) is 0 Å². The highest BCUT2D eigenvalue weighted by atomic mass is 16.3. The number of amides is 1. The van der Waals surface area contributed by atoms with E-state index in [4.69, 9.17) is 0 Å².